The lowest BCUT2D eigenvalue weighted by Gasteiger charge is -2.17. The van der Waals surface area contributed by atoms with Crippen LogP contribution in [0.1, 0.15) is 24.2 Å². The van der Waals surface area contributed by atoms with Crippen LogP contribution in [0.25, 0.3) is 0 Å². The van der Waals surface area contributed by atoms with E-state index in [1.807, 2.05) is 0 Å². The predicted molar refractivity (Wildman–Crippen MR) is 58.3 cm³/mol. The lowest BCUT2D eigenvalue weighted by atomic mass is 9.94. The fourth-order valence-corrected chi connectivity index (χ4v) is 1.36. The fourth-order valence-electron chi connectivity index (χ4n) is 1.09. The Morgan fingerprint density at radius 2 is 1.80 bits per heavy atom. The van der Waals surface area contributed by atoms with Gasteiger partial charge >= 0.3 is 0 Å². The summed E-state index contributed by atoms with van der Waals surface area (Å²) in [5, 5.41) is 0. The number of halogens is 3. The molecular formula is C11H11BrF2O. The Bertz CT molecular complexity index is 354. The molecule has 82 valence electrons. The highest BCUT2D eigenvalue weighted by Crippen LogP contribution is 2.26. The van der Waals surface area contributed by atoms with Crippen LogP contribution < -0.4 is 0 Å². The maximum Gasteiger partial charge on any atom is 0.255 e. The van der Waals surface area contributed by atoms with Crippen molar-refractivity contribution in [3.8, 4) is 0 Å². The molecule has 15 heavy (non-hydrogen) atoms. The average molecular weight is 277 g/mol. The third-order valence-corrected chi connectivity index (χ3v) is 2.81. The number of benzene rings is 1. The van der Waals surface area contributed by atoms with Gasteiger partial charge in [0.25, 0.3) is 5.92 Å². The van der Waals surface area contributed by atoms with Crippen molar-refractivity contribution in [2.45, 2.75) is 19.8 Å². The normalized spacial score (nSPS) is 13.7. The third-order valence-electron chi connectivity index (χ3n) is 2.28. The molecule has 1 atom stereocenters. The van der Waals surface area contributed by atoms with Crippen LogP contribution in [0.3, 0.4) is 0 Å². The van der Waals surface area contributed by atoms with Crippen molar-refractivity contribution in [3.63, 3.8) is 0 Å². The quantitative estimate of drug-likeness (QED) is 0.765. The fraction of sp³-hybridized carbons (Fsp3) is 0.364. The molecule has 0 aromatic heterocycles. The van der Waals surface area contributed by atoms with Crippen molar-refractivity contribution < 1.29 is 13.6 Å². The van der Waals surface area contributed by atoms with E-state index in [0.717, 1.165) is 11.4 Å². The molecule has 0 bridgehead atoms. The molecule has 0 aliphatic carbocycles. The van der Waals surface area contributed by atoms with Crippen LogP contribution in [0.15, 0.2) is 28.7 Å². The van der Waals surface area contributed by atoms with E-state index in [4.69, 9.17) is 0 Å². The maximum atomic E-state index is 12.9. The summed E-state index contributed by atoms with van der Waals surface area (Å²) in [7, 11) is 0. The monoisotopic (exact) mass is 276 g/mol. The first-order valence-electron chi connectivity index (χ1n) is 4.50. The van der Waals surface area contributed by atoms with Crippen molar-refractivity contribution in [1.29, 1.82) is 0 Å². The summed E-state index contributed by atoms with van der Waals surface area (Å²) in [5.74, 6) is -4.81. The SMILES string of the molecule is CC(C(=O)c1ccc(Br)cc1)C(C)(F)F. The number of rotatable bonds is 3. The number of carbonyl (C=O) groups is 1. The minimum atomic E-state index is -2.98. The van der Waals surface area contributed by atoms with Gasteiger partial charge in [-0.25, -0.2) is 8.78 Å². The van der Waals surface area contributed by atoms with Gasteiger partial charge in [0.2, 0.25) is 0 Å². The van der Waals surface area contributed by atoms with Crippen LogP contribution >= 0.6 is 15.9 Å². The first-order valence-corrected chi connectivity index (χ1v) is 5.29. The summed E-state index contributed by atoms with van der Waals surface area (Å²) < 4.78 is 26.6. The van der Waals surface area contributed by atoms with Gasteiger partial charge in [-0.1, -0.05) is 28.1 Å². The van der Waals surface area contributed by atoms with Gasteiger partial charge in [-0.05, 0) is 19.1 Å². The van der Waals surface area contributed by atoms with Gasteiger partial charge in [0.1, 0.15) is 0 Å². The molecule has 0 amide bonds. The minimum Gasteiger partial charge on any atom is -0.294 e. The van der Waals surface area contributed by atoms with E-state index in [1.54, 1.807) is 12.1 Å². The Hall–Kier alpha value is -0.770. The summed E-state index contributed by atoms with van der Waals surface area (Å²) >= 11 is 3.21. The van der Waals surface area contributed by atoms with Crippen LogP contribution in [0.5, 0.6) is 0 Å². The number of hydrogen-bond acceptors (Lipinski definition) is 1. The van der Waals surface area contributed by atoms with E-state index in [1.165, 1.54) is 19.1 Å². The molecule has 0 saturated heterocycles. The zero-order chi connectivity index (χ0) is 11.6. The molecule has 1 nitrogen and oxygen atoms in total. The molecule has 1 rings (SSSR count). The van der Waals surface area contributed by atoms with Gasteiger partial charge in [-0.3, -0.25) is 4.79 Å². The van der Waals surface area contributed by atoms with Crippen LogP contribution in [0, 0.1) is 5.92 Å². The molecule has 4 heteroatoms. The number of hydrogen-bond donors (Lipinski definition) is 0. The molecule has 0 heterocycles. The van der Waals surface area contributed by atoms with Crippen molar-refractivity contribution in [1.82, 2.24) is 0 Å². The summed E-state index contributed by atoms with van der Waals surface area (Å²) in [4.78, 5) is 11.6. The zero-order valence-electron chi connectivity index (χ0n) is 8.43. The standard InChI is InChI=1S/C11H11BrF2O/c1-7(11(2,13)14)10(15)8-3-5-9(12)6-4-8/h3-7H,1-2H3. The Morgan fingerprint density at radius 1 is 1.33 bits per heavy atom. The first kappa shape index (κ1) is 12.3. The molecule has 0 saturated carbocycles. The molecule has 0 spiro atoms. The van der Waals surface area contributed by atoms with Crippen LogP contribution in [0.4, 0.5) is 8.78 Å². The Morgan fingerprint density at radius 3 is 2.20 bits per heavy atom. The highest BCUT2D eigenvalue weighted by Gasteiger charge is 2.35. The summed E-state index contributed by atoms with van der Waals surface area (Å²) in [6, 6.07) is 6.39. The summed E-state index contributed by atoms with van der Waals surface area (Å²) in [5.41, 5.74) is 0.312. The van der Waals surface area contributed by atoms with Gasteiger partial charge in [-0.15, -0.1) is 0 Å². The number of carbonyl (C=O) groups excluding carboxylic acids is 1. The Balaban J connectivity index is 2.90. The highest BCUT2D eigenvalue weighted by atomic mass is 79.9. The molecule has 1 aromatic rings. The second-order valence-electron chi connectivity index (χ2n) is 3.55. The van der Waals surface area contributed by atoms with Crippen molar-refractivity contribution in [3.05, 3.63) is 34.3 Å². The Labute approximate surface area is 95.6 Å². The van der Waals surface area contributed by atoms with E-state index in [0.29, 0.717) is 5.56 Å². The van der Waals surface area contributed by atoms with Gasteiger partial charge in [-0.2, -0.15) is 0 Å². The van der Waals surface area contributed by atoms with Crippen molar-refractivity contribution >= 4 is 21.7 Å². The summed E-state index contributed by atoms with van der Waals surface area (Å²) in [6.07, 6.45) is 0. The zero-order valence-corrected chi connectivity index (χ0v) is 10.0. The molecule has 1 unspecified atom stereocenters. The number of Topliss-reactive ketones (excluding diaryl/α,β-unsaturated/α-hetero) is 1. The van der Waals surface area contributed by atoms with E-state index < -0.39 is 17.6 Å². The lowest BCUT2D eigenvalue weighted by molar-refractivity contribution is -0.0222. The molecule has 0 radical (unpaired) electrons. The molecule has 0 fully saturated rings. The van der Waals surface area contributed by atoms with Crippen LogP contribution in [0.2, 0.25) is 0 Å². The minimum absolute atomic E-state index is 0.312. The van der Waals surface area contributed by atoms with E-state index >= 15 is 0 Å². The second kappa shape index (κ2) is 4.39. The van der Waals surface area contributed by atoms with Crippen LogP contribution in [-0.4, -0.2) is 11.7 Å². The number of ketones is 1. The van der Waals surface area contributed by atoms with Gasteiger partial charge < -0.3 is 0 Å². The first-order chi connectivity index (χ1) is 6.82. The topological polar surface area (TPSA) is 17.1 Å². The third kappa shape index (κ3) is 3.09. The maximum absolute atomic E-state index is 12.9. The average Bonchev–Trinajstić information content (AvgIpc) is 2.15. The highest BCUT2D eigenvalue weighted by molar-refractivity contribution is 9.10. The van der Waals surface area contributed by atoms with Crippen LogP contribution in [-0.2, 0) is 0 Å². The summed E-state index contributed by atoms with van der Waals surface area (Å²) in [6.45, 7) is 2.00. The van der Waals surface area contributed by atoms with Crippen molar-refractivity contribution in [2.24, 2.45) is 5.92 Å². The molecule has 0 aliphatic heterocycles. The van der Waals surface area contributed by atoms with E-state index in [9.17, 15) is 13.6 Å². The number of alkyl halides is 2. The Kier molecular flexibility index (Phi) is 3.60. The molecular weight excluding hydrogens is 266 g/mol. The van der Waals surface area contributed by atoms with E-state index in [2.05, 4.69) is 15.9 Å². The van der Waals surface area contributed by atoms with E-state index in [-0.39, 0.29) is 0 Å². The van der Waals surface area contributed by atoms with Gasteiger partial charge in [0.15, 0.2) is 5.78 Å². The molecule has 0 aliphatic rings. The lowest BCUT2D eigenvalue weighted by Crippen LogP contribution is -2.29. The second-order valence-corrected chi connectivity index (χ2v) is 4.46. The van der Waals surface area contributed by atoms with Gasteiger partial charge in [0, 0.05) is 17.0 Å². The molecule has 1 aromatic carbocycles. The molecule has 0 N–H and O–H groups in total. The van der Waals surface area contributed by atoms with Gasteiger partial charge in [0.05, 0.1) is 5.92 Å². The predicted octanol–water partition coefficient (Wildman–Crippen LogP) is 3.92. The van der Waals surface area contributed by atoms with Crippen molar-refractivity contribution in [2.75, 3.05) is 0 Å². The largest absolute Gasteiger partial charge is 0.294 e. The smallest absolute Gasteiger partial charge is 0.255 e.